The highest BCUT2D eigenvalue weighted by atomic mass is 32.1. The van der Waals surface area contributed by atoms with Crippen LogP contribution in [-0.2, 0) is 13.0 Å². The van der Waals surface area contributed by atoms with Gasteiger partial charge < -0.3 is 19.9 Å². The largest absolute Gasteiger partial charge is 0.494 e. The van der Waals surface area contributed by atoms with Gasteiger partial charge in [-0.15, -0.1) is 0 Å². The normalized spacial score (nSPS) is 15.5. The number of aromatic nitrogens is 2. The third-order valence-electron chi connectivity index (χ3n) is 5.38. The molecule has 1 aromatic heterocycles. The highest BCUT2D eigenvalue weighted by Crippen LogP contribution is 2.38. The van der Waals surface area contributed by atoms with Gasteiger partial charge in [0.05, 0.1) is 32.4 Å². The smallest absolute Gasteiger partial charge is 0.260 e. The average Bonchev–Trinajstić information content (AvgIpc) is 2.76. The van der Waals surface area contributed by atoms with Gasteiger partial charge >= 0.3 is 0 Å². The lowest BCUT2D eigenvalue weighted by molar-refractivity contribution is 0.352. The standard InChI is InChI=1S/C22H23N3O4S/c1-28-16-10-14-8-9-23-19(15(14)11-17(16)29-2)18-20(26)24-22(30)25(21(18)27)12-13-6-4-3-5-7-13/h3-7,10-11,19,23,27H,8-9,12H2,1-2H3,(H,24,26,30). The second kappa shape index (κ2) is 8.33. The summed E-state index contributed by atoms with van der Waals surface area (Å²) in [5.74, 6) is 1.06. The van der Waals surface area contributed by atoms with Crippen molar-refractivity contribution in [1.29, 1.82) is 0 Å². The van der Waals surface area contributed by atoms with Gasteiger partial charge in [0.25, 0.3) is 5.56 Å². The molecule has 4 rings (SSSR count). The van der Waals surface area contributed by atoms with E-state index in [1.54, 1.807) is 14.2 Å². The number of hydrogen-bond donors (Lipinski definition) is 3. The number of H-pyrrole nitrogens is 1. The number of fused-ring (bicyclic) bond motifs is 1. The Bertz CT molecular complexity index is 1190. The number of ether oxygens (including phenoxy) is 2. The van der Waals surface area contributed by atoms with Gasteiger partial charge in [-0.25, -0.2) is 0 Å². The molecule has 0 saturated carbocycles. The van der Waals surface area contributed by atoms with Crippen molar-refractivity contribution in [2.24, 2.45) is 0 Å². The summed E-state index contributed by atoms with van der Waals surface area (Å²) in [6, 6.07) is 12.9. The number of benzene rings is 2. The monoisotopic (exact) mass is 425 g/mol. The fraction of sp³-hybridized carbons (Fsp3) is 0.273. The van der Waals surface area contributed by atoms with E-state index in [0.717, 1.165) is 23.1 Å². The predicted molar refractivity (Wildman–Crippen MR) is 116 cm³/mol. The van der Waals surface area contributed by atoms with E-state index in [4.69, 9.17) is 21.7 Å². The second-order valence-electron chi connectivity index (χ2n) is 7.11. The molecule has 7 nitrogen and oxygen atoms in total. The van der Waals surface area contributed by atoms with Gasteiger partial charge in [0, 0.05) is 6.54 Å². The lowest BCUT2D eigenvalue weighted by Gasteiger charge is -2.29. The van der Waals surface area contributed by atoms with Gasteiger partial charge in [-0.05, 0) is 47.5 Å². The first-order chi connectivity index (χ1) is 14.5. The molecular formula is C22H23N3O4S. The van der Waals surface area contributed by atoms with Crippen LogP contribution in [-0.4, -0.2) is 35.4 Å². The summed E-state index contributed by atoms with van der Waals surface area (Å²) in [5, 5.41) is 14.4. The Morgan fingerprint density at radius 1 is 1.17 bits per heavy atom. The molecule has 1 atom stereocenters. The molecule has 1 aliphatic heterocycles. The zero-order valence-corrected chi connectivity index (χ0v) is 17.6. The molecule has 0 amide bonds. The molecule has 2 aromatic carbocycles. The maximum atomic E-state index is 12.9. The SMILES string of the molecule is COc1cc2c(cc1OC)C(c1c(O)n(Cc3ccccc3)c(=S)[nH]c1=O)NCC2. The summed E-state index contributed by atoms with van der Waals surface area (Å²) in [6.45, 7) is 1.00. The molecule has 0 fully saturated rings. The van der Waals surface area contributed by atoms with Crippen LogP contribution in [0, 0.1) is 4.77 Å². The molecule has 1 aliphatic rings. The Labute approximate surface area is 178 Å². The molecule has 8 heteroatoms. The van der Waals surface area contributed by atoms with Crippen molar-refractivity contribution in [2.45, 2.75) is 19.0 Å². The van der Waals surface area contributed by atoms with E-state index in [1.807, 2.05) is 42.5 Å². The number of methoxy groups -OCH3 is 2. The summed E-state index contributed by atoms with van der Waals surface area (Å²) in [5.41, 5.74) is 2.68. The molecule has 156 valence electrons. The van der Waals surface area contributed by atoms with Crippen molar-refractivity contribution in [3.05, 3.63) is 79.8 Å². The molecule has 1 unspecified atom stereocenters. The lowest BCUT2D eigenvalue weighted by atomic mass is 9.90. The third-order valence-corrected chi connectivity index (χ3v) is 5.70. The van der Waals surface area contributed by atoms with E-state index in [9.17, 15) is 9.90 Å². The Morgan fingerprint density at radius 2 is 1.87 bits per heavy atom. The predicted octanol–water partition coefficient (Wildman–Crippen LogP) is 2.91. The number of nitrogens with one attached hydrogen (secondary N) is 2. The van der Waals surface area contributed by atoms with Crippen LogP contribution in [0.15, 0.2) is 47.3 Å². The van der Waals surface area contributed by atoms with Crippen molar-refractivity contribution in [3.63, 3.8) is 0 Å². The second-order valence-corrected chi connectivity index (χ2v) is 7.50. The van der Waals surface area contributed by atoms with Crippen LogP contribution in [0.2, 0.25) is 0 Å². The van der Waals surface area contributed by atoms with E-state index in [0.29, 0.717) is 24.6 Å². The van der Waals surface area contributed by atoms with Gasteiger partial charge in [0.1, 0.15) is 0 Å². The number of nitrogens with zero attached hydrogens (tertiary/aromatic N) is 1. The lowest BCUT2D eigenvalue weighted by Crippen LogP contribution is -2.35. The minimum atomic E-state index is -0.505. The van der Waals surface area contributed by atoms with Crippen LogP contribution in [0.25, 0.3) is 0 Å². The van der Waals surface area contributed by atoms with Crippen LogP contribution in [0.5, 0.6) is 17.4 Å². The van der Waals surface area contributed by atoms with Crippen molar-refractivity contribution in [3.8, 4) is 17.4 Å². The Balaban J connectivity index is 1.85. The Kier molecular flexibility index (Phi) is 5.61. The number of aromatic hydroxyl groups is 1. The van der Waals surface area contributed by atoms with E-state index in [-0.39, 0.29) is 16.2 Å². The molecule has 3 aromatic rings. The van der Waals surface area contributed by atoms with Crippen molar-refractivity contribution in [1.82, 2.24) is 14.9 Å². The van der Waals surface area contributed by atoms with Crippen LogP contribution in [0.4, 0.5) is 0 Å². The molecular weight excluding hydrogens is 402 g/mol. The van der Waals surface area contributed by atoms with Crippen molar-refractivity contribution >= 4 is 12.2 Å². The first-order valence-corrected chi connectivity index (χ1v) is 10.0. The molecule has 30 heavy (non-hydrogen) atoms. The number of hydrogen-bond acceptors (Lipinski definition) is 6. The minimum Gasteiger partial charge on any atom is -0.494 e. The number of aromatic amines is 1. The molecule has 0 radical (unpaired) electrons. The van der Waals surface area contributed by atoms with Crippen molar-refractivity contribution in [2.75, 3.05) is 20.8 Å². The van der Waals surface area contributed by atoms with Gasteiger partial charge in [-0.3, -0.25) is 14.3 Å². The van der Waals surface area contributed by atoms with Crippen LogP contribution in [0.3, 0.4) is 0 Å². The highest BCUT2D eigenvalue weighted by Gasteiger charge is 2.29. The summed E-state index contributed by atoms with van der Waals surface area (Å²) in [4.78, 5) is 15.6. The van der Waals surface area contributed by atoms with Crippen LogP contribution in [0.1, 0.15) is 28.3 Å². The van der Waals surface area contributed by atoms with E-state index < -0.39 is 11.6 Å². The first-order valence-electron chi connectivity index (χ1n) is 9.61. The molecule has 0 bridgehead atoms. The van der Waals surface area contributed by atoms with Crippen molar-refractivity contribution < 1.29 is 14.6 Å². The maximum absolute atomic E-state index is 12.9. The first kappa shape index (κ1) is 20.2. The van der Waals surface area contributed by atoms with Gasteiger partial charge in [-0.1, -0.05) is 30.3 Å². The van der Waals surface area contributed by atoms with Gasteiger partial charge in [0.15, 0.2) is 16.3 Å². The summed E-state index contributed by atoms with van der Waals surface area (Å²) in [6.07, 6.45) is 0.772. The molecule has 2 heterocycles. The topological polar surface area (TPSA) is 88.5 Å². The summed E-state index contributed by atoms with van der Waals surface area (Å²) < 4.78 is 12.6. The molecule has 3 N–H and O–H groups in total. The van der Waals surface area contributed by atoms with E-state index in [1.165, 1.54) is 4.57 Å². The van der Waals surface area contributed by atoms with Crippen LogP contribution < -0.4 is 20.3 Å². The van der Waals surface area contributed by atoms with Gasteiger partial charge in [-0.2, -0.15) is 0 Å². The van der Waals surface area contributed by atoms with E-state index >= 15 is 0 Å². The summed E-state index contributed by atoms with van der Waals surface area (Å²) >= 11 is 5.33. The van der Waals surface area contributed by atoms with Gasteiger partial charge in [0.2, 0.25) is 5.88 Å². The molecule has 0 saturated heterocycles. The molecule has 0 aliphatic carbocycles. The Hall–Kier alpha value is -3.10. The third kappa shape index (κ3) is 3.59. The average molecular weight is 426 g/mol. The maximum Gasteiger partial charge on any atom is 0.260 e. The molecule has 0 spiro atoms. The fourth-order valence-corrected chi connectivity index (χ4v) is 4.13. The van der Waals surface area contributed by atoms with E-state index in [2.05, 4.69) is 10.3 Å². The zero-order chi connectivity index (χ0) is 21.3. The number of rotatable bonds is 5. The van der Waals surface area contributed by atoms with Crippen LogP contribution >= 0.6 is 12.2 Å². The quantitative estimate of drug-likeness (QED) is 0.545. The summed E-state index contributed by atoms with van der Waals surface area (Å²) in [7, 11) is 3.16. The fourth-order valence-electron chi connectivity index (χ4n) is 3.89. The zero-order valence-electron chi connectivity index (χ0n) is 16.8. The Morgan fingerprint density at radius 3 is 2.57 bits per heavy atom. The minimum absolute atomic E-state index is 0.146. The highest BCUT2D eigenvalue weighted by molar-refractivity contribution is 7.71.